The summed E-state index contributed by atoms with van der Waals surface area (Å²) in [4.78, 5) is 27.6. The number of aliphatic carboxylic acids is 1. The van der Waals surface area contributed by atoms with Gasteiger partial charge in [-0.1, -0.05) is 19.3 Å². The fraction of sp³-hybridized carbons (Fsp3) is 0.615. The zero-order valence-corrected chi connectivity index (χ0v) is 12.3. The van der Waals surface area contributed by atoms with Gasteiger partial charge >= 0.3 is 12.0 Å². The molecular formula is C13H19N3O3S. The van der Waals surface area contributed by atoms with Crippen LogP contribution >= 0.6 is 11.3 Å². The highest BCUT2D eigenvalue weighted by atomic mass is 32.1. The first-order valence-corrected chi connectivity index (χ1v) is 7.60. The summed E-state index contributed by atoms with van der Waals surface area (Å²) in [6, 6.07) is -0.442. The van der Waals surface area contributed by atoms with Crippen LogP contribution in [0.2, 0.25) is 0 Å². The zero-order valence-electron chi connectivity index (χ0n) is 11.4. The number of thiazole rings is 1. The van der Waals surface area contributed by atoms with Crippen LogP contribution in [0.5, 0.6) is 0 Å². The number of carboxylic acid groups (broad SMARTS) is 1. The molecule has 0 aromatic carbocycles. The topological polar surface area (TPSA) is 91.3 Å². The lowest BCUT2D eigenvalue weighted by atomic mass is 9.82. The van der Waals surface area contributed by atoms with Crippen molar-refractivity contribution in [2.75, 3.05) is 0 Å². The highest BCUT2D eigenvalue weighted by Gasteiger charge is 2.40. The lowest BCUT2D eigenvalue weighted by molar-refractivity contribution is -0.145. The fourth-order valence-corrected chi connectivity index (χ4v) is 3.16. The predicted octanol–water partition coefficient (Wildman–Crippen LogP) is 2.04. The predicted molar refractivity (Wildman–Crippen MR) is 75.7 cm³/mol. The highest BCUT2D eigenvalue weighted by Crippen LogP contribution is 2.28. The number of aromatic nitrogens is 1. The van der Waals surface area contributed by atoms with Crippen LogP contribution in [0.3, 0.4) is 0 Å². The van der Waals surface area contributed by atoms with Crippen LogP contribution in [0.15, 0.2) is 5.38 Å². The lowest BCUT2D eigenvalue weighted by Crippen LogP contribution is -2.57. The van der Waals surface area contributed by atoms with Gasteiger partial charge in [0.2, 0.25) is 0 Å². The van der Waals surface area contributed by atoms with Gasteiger partial charge in [-0.15, -0.1) is 11.3 Å². The van der Waals surface area contributed by atoms with Crippen molar-refractivity contribution in [2.24, 2.45) is 0 Å². The number of urea groups is 1. The van der Waals surface area contributed by atoms with Gasteiger partial charge in [-0.25, -0.2) is 14.6 Å². The first-order valence-electron chi connectivity index (χ1n) is 6.72. The molecule has 0 aliphatic heterocycles. The third-order valence-corrected chi connectivity index (χ3v) is 4.50. The van der Waals surface area contributed by atoms with Gasteiger partial charge in [0, 0.05) is 11.1 Å². The maximum Gasteiger partial charge on any atom is 0.329 e. The molecule has 1 aromatic rings. The number of carbonyl (C=O) groups is 2. The number of nitrogens with zero attached hydrogens (tertiary/aromatic N) is 1. The normalized spacial score (nSPS) is 17.4. The largest absolute Gasteiger partial charge is 0.480 e. The molecule has 1 aliphatic rings. The molecule has 2 rings (SSSR count). The monoisotopic (exact) mass is 297 g/mol. The molecule has 1 fully saturated rings. The van der Waals surface area contributed by atoms with Crippen molar-refractivity contribution >= 4 is 23.3 Å². The summed E-state index contributed by atoms with van der Waals surface area (Å²) in [7, 11) is 0. The van der Waals surface area contributed by atoms with Gasteiger partial charge in [0.1, 0.15) is 10.5 Å². The Kier molecular flexibility index (Phi) is 4.59. The van der Waals surface area contributed by atoms with Crippen molar-refractivity contribution in [1.82, 2.24) is 15.6 Å². The van der Waals surface area contributed by atoms with E-state index in [1.54, 1.807) is 0 Å². The number of amides is 2. The standard InChI is InChI=1S/C13H19N3O3S/c1-9-8-20-10(15-9)7-14-12(19)16-13(11(17)18)5-3-2-4-6-13/h8H,2-7H2,1H3,(H,17,18)(H2,14,16,19). The number of aryl methyl sites for hydroxylation is 1. The maximum absolute atomic E-state index is 11.9. The Labute approximate surface area is 121 Å². The highest BCUT2D eigenvalue weighted by molar-refractivity contribution is 7.09. The fourth-order valence-electron chi connectivity index (χ4n) is 2.45. The van der Waals surface area contributed by atoms with E-state index < -0.39 is 17.5 Å². The molecule has 1 saturated carbocycles. The summed E-state index contributed by atoms with van der Waals surface area (Å²) in [6.07, 6.45) is 3.67. The van der Waals surface area contributed by atoms with Crippen LogP contribution in [0, 0.1) is 6.92 Å². The van der Waals surface area contributed by atoms with E-state index in [1.807, 2.05) is 12.3 Å². The molecule has 2 amide bonds. The molecule has 0 spiro atoms. The molecule has 1 heterocycles. The second-order valence-electron chi connectivity index (χ2n) is 5.14. The van der Waals surface area contributed by atoms with Crippen LogP contribution in [-0.4, -0.2) is 27.6 Å². The number of nitrogens with one attached hydrogen (secondary N) is 2. The van der Waals surface area contributed by atoms with Gasteiger partial charge in [-0.2, -0.15) is 0 Å². The van der Waals surface area contributed by atoms with Crippen molar-refractivity contribution < 1.29 is 14.7 Å². The van der Waals surface area contributed by atoms with Crippen LogP contribution in [-0.2, 0) is 11.3 Å². The van der Waals surface area contributed by atoms with Crippen molar-refractivity contribution in [3.8, 4) is 0 Å². The van der Waals surface area contributed by atoms with E-state index in [-0.39, 0.29) is 0 Å². The van der Waals surface area contributed by atoms with E-state index in [2.05, 4.69) is 15.6 Å². The molecule has 0 bridgehead atoms. The Hall–Kier alpha value is -1.63. The second-order valence-corrected chi connectivity index (χ2v) is 6.08. The van der Waals surface area contributed by atoms with Gasteiger partial charge in [-0.05, 0) is 19.8 Å². The first kappa shape index (κ1) is 14.8. The average molecular weight is 297 g/mol. The van der Waals surface area contributed by atoms with Crippen molar-refractivity contribution in [2.45, 2.75) is 51.1 Å². The zero-order chi connectivity index (χ0) is 14.6. The molecule has 1 aliphatic carbocycles. The molecule has 0 radical (unpaired) electrons. The number of carbonyl (C=O) groups excluding carboxylic acids is 1. The van der Waals surface area contributed by atoms with E-state index in [0.29, 0.717) is 19.4 Å². The van der Waals surface area contributed by atoms with Crippen molar-refractivity contribution in [3.63, 3.8) is 0 Å². The molecular weight excluding hydrogens is 278 g/mol. The lowest BCUT2D eigenvalue weighted by Gasteiger charge is -2.33. The van der Waals surface area contributed by atoms with E-state index in [0.717, 1.165) is 30.0 Å². The summed E-state index contributed by atoms with van der Waals surface area (Å²) in [6.45, 7) is 2.21. The van der Waals surface area contributed by atoms with Gasteiger partial charge in [0.25, 0.3) is 0 Å². The third kappa shape index (κ3) is 3.47. The molecule has 7 heteroatoms. The molecule has 3 N–H and O–H groups in total. The van der Waals surface area contributed by atoms with Gasteiger partial charge in [0.05, 0.1) is 6.54 Å². The number of hydrogen-bond acceptors (Lipinski definition) is 4. The van der Waals surface area contributed by atoms with Crippen LogP contribution < -0.4 is 10.6 Å². The minimum Gasteiger partial charge on any atom is -0.480 e. The molecule has 0 atom stereocenters. The summed E-state index contributed by atoms with van der Waals surface area (Å²) in [5.74, 6) is -0.947. The SMILES string of the molecule is Cc1csc(CNC(=O)NC2(C(=O)O)CCCCC2)n1. The maximum atomic E-state index is 11.9. The Balaban J connectivity index is 1.90. The van der Waals surface area contributed by atoms with E-state index >= 15 is 0 Å². The average Bonchev–Trinajstić information content (AvgIpc) is 2.83. The Morgan fingerprint density at radius 1 is 1.40 bits per heavy atom. The molecule has 0 unspecified atom stereocenters. The molecule has 110 valence electrons. The Morgan fingerprint density at radius 3 is 2.65 bits per heavy atom. The molecule has 0 saturated heterocycles. The van der Waals surface area contributed by atoms with Crippen molar-refractivity contribution in [3.05, 3.63) is 16.1 Å². The smallest absolute Gasteiger partial charge is 0.329 e. The summed E-state index contributed by atoms with van der Waals surface area (Å²) in [5.41, 5.74) is -0.192. The van der Waals surface area contributed by atoms with E-state index in [4.69, 9.17) is 0 Å². The summed E-state index contributed by atoms with van der Waals surface area (Å²) < 4.78 is 0. The number of carboxylic acids is 1. The number of hydrogen-bond donors (Lipinski definition) is 3. The third-order valence-electron chi connectivity index (χ3n) is 3.54. The Morgan fingerprint density at radius 2 is 2.10 bits per heavy atom. The minimum absolute atomic E-state index is 0.319. The number of rotatable bonds is 4. The van der Waals surface area contributed by atoms with Crippen LogP contribution in [0.1, 0.15) is 42.8 Å². The van der Waals surface area contributed by atoms with Crippen molar-refractivity contribution in [1.29, 1.82) is 0 Å². The molecule has 1 aromatic heterocycles. The van der Waals surface area contributed by atoms with Gasteiger partial charge in [-0.3, -0.25) is 0 Å². The van der Waals surface area contributed by atoms with E-state index in [9.17, 15) is 14.7 Å². The molecule has 20 heavy (non-hydrogen) atoms. The summed E-state index contributed by atoms with van der Waals surface area (Å²) >= 11 is 1.47. The Bertz CT molecular complexity index is 495. The second kappa shape index (κ2) is 6.21. The minimum atomic E-state index is -1.11. The van der Waals surface area contributed by atoms with Gasteiger partial charge < -0.3 is 15.7 Å². The van der Waals surface area contributed by atoms with Gasteiger partial charge in [0.15, 0.2) is 0 Å². The molecule has 6 nitrogen and oxygen atoms in total. The summed E-state index contributed by atoms with van der Waals surface area (Å²) in [5, 5.41) is 17.4. The quantitative estimate of drug-likeness (QED) is 0.793. The van der Waals surface area contributed by atoms with E-state index in [1.165, 1.54) is 11.3 Å². The first-order chi connectivity index (χ1) is 9.52. The van der Waals surface area contributed by atoms with Crippen LogP contribution in [0.25, 0.3) is 0 Å². The van der Waals surface area contributed by atoms with Crippen LogP contribution in [0.4, 0.5) is 4.79 Å².